The SMILES string of the molecule is Cc1ccc(S(=O)(=O)N2CCC[C@H](C(=O)N/N=C3/CCCC[C@@H]3C)C2)cc1. The predicted molar refractivity (Wildman–Crippen MR) is 106 cm³/mol. The minimum atomic E-state index is -3.57. The van der Waals surface area contributed by atoms with Crippen molar-refractivity contribution in [2.45, 2.75) is 57.3 Å². The quantitative estimate of drug-likeness (QED) is 0.801. The lowest BCUT2D eigenvalue weighted by molar-refractivity contribution is -0.126. The highest BCUT2D eigenvalue weighted by Crippen LogP contribution is 2.25. The van der Waals surface area contributed by atoms with Crippen molar-refractivity contribution in [1.82, 2.24) is 9.73 Å². The van der Waals surface area contributed by atoms with E-state index in [2.05, 4.69) is 17.5 Å². The average molecular weight is 392 g/mol. The van der Waals surface area contributed by atoms with Gasteiger partial charge < -0.3 is 0 Å². The number of hydrazone groups is 1. The molecule has 3 rings (SSSR count). The van der Waals surface area contributed by atoms with Crippen molar-refractivity contribution >= 4 is 21.6 Å². The predicted octanol–water partition coefficient (Wildman–Crippen LogP) is 3.08. The molecule has 1 aromatic carbocycles. The molecule has 1 N–H and O–H groups in total. The highest BCUT2D eigenvalue weighted by atomic mass is 32.2. The molecule has 2 atom stereocenters. The number of sulfonamides is 1. The topological polar surface area (TPSA) is 78.8 Å². The lowest BCUT2D eigenvalue weighted by Crippen LogP contribution is -2.44. The molecule has 1 aliphatic carbocycles. The van der Waals surface area contributed by atoms with Crippen molar-refractivity contribution in [2.75, 3.05) is 13.1 Å². The third kappa shape index (κ3) is 4.76. The van der Waals surface area contributed by atoms with Gasteiger partial charge in [-0.25, -0.2) is 13.8 Å². The zero-order valence-electron chi connectivity index (χ0n) is 16.1. The van der Waals surface area contributed by atoms with Crippen molar-refractivity contribution in [1.29, 1.82) is 0 Å². The van der Waals surface area contributed by atoms with E-state index in [1.807, 2.05) is 6.92 Å². The van der Waals surface area contributed by atoms with Gasteiger partial charge >= 0.3 is 0 Å². The van der Waals surface area contributed by atoms with Crippen molar-refractivity contribution in [3.8, 4) is 0 Å². The summed E-state index contributed by atoms with van der Waals surface area (Å²) in [6.07, 6.45) is 5.73. The van der Waals surface area contributed by atoms with Crippen LogP contribution in [0.25, 0.3) is 0 Å². The zero-order valence-corrected chi connectivity index (χ0v) is 17.0. The normalized spacial score (nSPS) is 26.1. The van der Waals surface area contributed by atoms with Gasteiger partial charge in [0.15, 0.2) is 0 Å². The molecular formula is C20H29N3O3S. The molecule has 2 fully saturated rings. The summed E-state index contributed by atoms with van der Waals surface area (Å²) in [5.41, 5.74) is 4.76. The first-order chi connectivity index (χ1) is 12.9. The van der Waals surface area contributed by atoms with Crippen LogP contribution in [-0.4, -0.2) is 37.4 Å². The van der Waals surface area contributed by atoms with Crippen LogP contribution in [0.4, 0.5) is 0 Å². The van der Waals surface area contributed by atoms with Gasteiger partial charge in [0.05, 0.1) is 10.8 Å². The van der Waals surface area contributed by atoms with Gasteiger partial charge in [-0.3, -0.25) is 4.79 Å². The number of hydrogen-bond acceptors (Lipinski definition) is 4. The highest BCUT2D eigenvalue weighted by molar-refractivity contribution is 7.89. The van der Waals surface area contributed by atoms with E-state index in [-0.39, 0.29) is 23.3 Å². The maximum absolute atomic E-state index is 12.9. The number of nitrogens with one attached hydrogen (secondary N) is 1. The number of nitrogens with zero attached hydrogens (tertiary/aromatic N) is 2. The Balaban J connectivity index is 1.65. The highest BCUT2D eigenvalue weighted by Gasteiger charge is 2.33. The van der Waals surface area contributed by atoms with E-state index in [9.17, 15) is 13.2 Å². The standard InChI is InChI=1S/C20H29N3O3S/c1-15-9-11-18(12-10-15)27(25,26)23-13-5-7-17(14-23)20(24)22-21-19-8-4-3-6-16(19)2/h9-12,16-17H,3-8,13-14H2,1-2H3,(H,22,24)/b21-19-/t16-,17-/m0/s1. The molecule has 1 saturated heterocycles. The van der Waals surface area contributed by atoms with Crippen LogP contribution in [0.1, 0.15) is 51.0 Å². The molecule has 0 bridgehead atoms. The molecule has 27 heavy (non-hydrogen) atoms. The van der Waals surface area contributed by atoms with Gasteiger partial charge in [-0.15, -0.1) is 0 Å². The Morgan fingerprint density at radius 2 is 1.89 bits per heavy atom. The molecule has 7 heteroatoms. The lowest BCUT2D eigenvalue weighted by atomic mass is 9.89. The first kappa shape index (κ1) is 20.0. The Labute approximate surface area is 162 Å². The number of amides is 1. The second-order valence-electron chi connectivity index (χ2n) is 7.74. The molecule has 6 nitrogen and oxygen atoms in total. The summed E-state index contributed by atoms with van der Waals surface area (Å²) in [6.45, 7) is 4.72. The van der Waals surface area contributed by atoms with Crippen molar-refractivity contribution < 1.29 is 13.2 Å². The summed E-state index contributed by atoms with van der Waals surface area (Å²) >= 11 is 0. The van der Waals surface area contributed by atoms with E-state index >= 15 is 0 Å². The van der Waals surface area contributed by atoms with Gasteiger partial charge in [-0.1, -0.05) is 31.0 Å². The number of aryl methyl sites for hydroxylation is 1. The molecule has 2 aliphatic rings. The van der Waals surface area contributed by atoms with Gasteiger partial charge in [0.2, 0.25) is 15.9 Å². The lowest BCUT2D eigenvalue weighted by Gasteiger charge is -2.31. The number of rotatable bonds is 4. The second-order valence-corrected chi connectivity index (χ2v) is 9.68. The first-order valence-electron chi connectivity index (χ1n) is 9.81. The maximum atomic E-state index is 12.9. The van der Waals surface area contributed by atoms with E-state index in [4.69, 9.17) is 0 Å². The Morgan fingerprint density at radius 1 is 1.15 bits per heavy atom. The van der Waals surface area contributed by atoms with Crippen molar-refractivity contribution in [2.24, 2.45) is 16.9 Å². The Kier molecular flexibility index (Phi) is 6.32. The van der Waals surface area contributed by atoms with Crippen LogP contribution in [0.15, 0.2) is 34.3 Å². The minimum absolute atomic E-state index is 0.177. The Morgan fingerprint density at radius 3 is 2.59 bits per heavy atom. The summed E-state index contributed by atoms with van der Waals surface area (Å²) in [6, 6.07) is 6.85. The van der Waals surface area contributed by atoms with Crippen LogP contribution >= 0.6 is 0 Å². The molecule has 0 spiro atoms. The van der Waals surface area contributed by atoms with Crippen LogP contribution in [0.3, 0.4) is 0 Å². The molecule has 1 saturated carbocycles. The number of benzene rings is 1. The van der Waals surface area contributed by atoms with Crippen LogP contribution in [0.5, 0.6) is 0 Å². The Bertz CT molecular complexity index is 802. The molecule has 148 valence electrons. The maximum Gasteiger partial charge on any atom is 0.244 e. The van der Waals surface area contributed by atoms with Crippen LogP contribution in [-0.2, 0) is 14.8 Å². The summed E-state index contributed by atoms with van der Waals surface area (Å²) in [5, 5.41) is 4.34. The molecule has 0 aromatic heterocycles. The summed E-state index contributed by atoms with van der Waals surface area (Å²) < 4.78 is 27.2. The van der Waals surface area contributed by atoms with Crippen molar-refractivity contribution in [3.63, 3.8) is 0 Å². The first-order valence-corrected chi connectivity index (χ1v) is 11.2. The van der Waals surface area contributed by atoms with Gasteiger partial charge in [-0.2, -0.15) is 9.41 Å². The minimum Gasteiger partial charge on any atom is -0.273 e. The van der Waals surface area contributed by atoms with Gasteiger partial charge in [0, 0.05) is 18.8 Å². The molecule has 1 aliphatic heterocycles. The van der Waals surface area contributed by atoms with Crippen LogP contribution in [0, 0.1) is 18.8 Å². The number of carbonyl (C=O) groups is 1. The molecule has 0 unspecified atom stereocenters. The van der Waals surface area contributed by atoms with Crippen LogP contribution < -0.4 is 5.43 Å². The average Bonchev–Trinajstić information content (AvgIpc) is 2.67. The van der Waals surface area contributed by atoms with E-state index in [0.717, 1.165) is 30.5 Å². The summed E-state index contributed by atoms with van der Waals surface area (Å²) in [5.74, 6) is -0.130. The summed E-state index contributed by atoms with van der Waals surface area (Å²) in [4.78, 5) is 12.8. The molecule has 0 radical (unpaired) electrons. The van der Waals surface area contributed by atoms with Gasteiger partial charge in [0.25, 0.3) is 0 Å². The van der Waals surface area contributed by atoms with E-state index in [1.165, 1.54) is 10.7 Å². The van der Waals surface area contributed by atoms with E-state index in [0.29, 0.717) is 25.3 Å². The smallest absolute Gasteiger partial charge is 0.244 e. The molecule has 1 heterocycles. The molecule has 1 aromatic rings. The Hall–Kier alpha value is -1.73. The third-order valence-corrected chi connectivity index (χ3v) is 7.49. The van der Waals surface area contributed by atoms with Gasteiger partial charge in [-0.05, 0) is 57.1 Å². The second kappa shape index (κ2) is 8.52. The van der Waals surface area contributed by atoms with Crippen molar-refractivity contribution in [3.05, 3.63) is 29.8 Å². The zero-order chi connectivity index (χ0) is 19.4. The fraction of sp³-hybridized carbons (Fsp3) is 0.600. The molecule has 1 amide bonds. The summed E-state index contributed by atoms with van der Waals surface area (Å²) in [7, 11) is -3.57. The fourth-order valence-electron chi connectivity index (χ4n) is 3.79. The third-order valence-electron chi connectivity index (χ3n) is 5.61. The molecular weight excluding hydrogens is 362 g/mol. The number of piperidine rings is 1. The number of carbonyl (C=O) groups excluding carboxylic acids is 1. The largest absolute Gasteiger partial charge is 0.273 e. The monoisotopic (exact) mass is 391 g/mol. The van der Waals surface area contributed by atoms with Crippen LogP contribution in [0.2, 0.25) is 0 Å². The van der Waals surface area contributed by atoms with E-state index < -0.39 is 10.0 Å². The van der Waals surface area contributed by atoms with E-state index in [1.54, 1.807) is 24.3 Å². The number of hydrogen-bond donors (Lipinski definition) is 1. The fourth-order valence-corrected chi connectivity index (χ4v) is 5.31. The van der Waals surface area contributed by atoms with Gasteiger partial charge in [0.1, 0.15) is 0 Å².